The molecule has 0 spiro atoms. The summed E-state index contributed by atoms with van der Waals surface area (Å²) < 4.78 is 0. The van der Waals surface area contributed by atoms with Crippen molar-refractivity contribution in [1.82, 2.24) is 4.90 Å². The summed E-state index contributed by atoms with van der Waals surface area (Å²) in [7, 11) is 0. The number of nitrogens with zero attached hydrogens (tertiary/aromatic N) is 1. The first-order valence-corrected chi connectivity index (χ1v) is 6.96. The van der Waals surface area contributed by atoms with Gasteiger partial charge in [0.1, 0.15) is 0 Å². The molecule has 1 N–H and O–H groups in total. The largest absolute Gasteiger partial charge is 0.396 e. The normalized spacial score (nSPS) is 31.1. The predicted molar refractivity (Wildman–Crippen MR) is 61.7 cm³/mol. The average molecular weight is 215 g/mol. The van der Waals surface area contributed by atoms with E-state index in [-0.39, 0.29) is 0 Å². The van der Waals surface area contributed by atoms with E-state index >= 15 is 0 Å². The third-order valence-corrected chi connectivity index (χ3v) is 4.75. The van der Waals surface area contributed by atoms with Crippen LogP contribution in [-0.4, -0.2) is 47.8 Å². The molecule has 2 unspecified atom stereocenters. The summed E-state index contributed by atoms with van der Waals surface area (Å²) in [6, 6.07) is 0. The Labute approximate surface area is 91.1 Å². The molecule has 14 heavy (non-hydrogen) atoms. The fraction of sp³-hybridized carbons (Fsp3) is 1.00. The van der Waals surface area contributed by atoms with E-state index in [9.17, 15) is 5.11 Å². The third kappa shape index (κ3) is 2.65. The Morgan fingerprint density at radius 2 is 2.14 bits per heavy atom. The molecule has 0 bridgehead atoms. The molecule has 2 aliphatic rings. The molecule has 2 saturated heterocycles. The Morgan fingerprint density at radius 3 is 2.71 bits per heavy atom. The summed E-state index contributed by atoms with van der Waals surface area (Å²) in [5.74, 6) is 3.91. The third-order valence-electron chi connectivity index (χ3n) is 3.56. The van der Waals surface area contributed by atoms with Gasteiger partial charge in [0.05, 0.1) is 0 Å². The Balaban J connectivity index is 1.79. The predicted octanol–water partition coefficient (Wildman–Crippen LogP) is 1.44. The van der Waals surface area contributed by atoms with Crippen LogP contribution in [0.15, 0.2) is 0 Å². The monoisotopic (exact) mass is 215 g/mol. The summed E-state index contributed by atoms with van der Waals surface area (Å²) >= 11 is 2.05. The Hall–Kier alpha value is 0.270. The van der Waals surface area contributed by atoms with E-state index in [0.29, 0.717) is 12.5 Å². The van der Waals surface area contributed by atoms with E-state index in [1.807, 2.05) is 0 Å². The van der Waals surface area contributed by atoms with Crippen LogP contribution in [0.3, 0.4) is 0 Å². The van der Waals surface area contributed by atoms with E-state index < -0.39 is 0 Å². The molecule has 82 valence electrons. The first-order valence-electron chi connectivity index (χ1n) is 5.81. The molecule has 0 amide bonds. The average Bonchev–Trinajstić information content (AvgIpc) is 2.86. The summed E-state index contributed by atoms with van der Waals surface area (Å²) in [6.07, 6.45) is 4.04. The van der Waals surface area contributed by atoms with Gasteiger partial charge in [0.15, 0.2) is 0 Å². The number of rotatable bonds is 4. The minimum Gasteiger partial charge on any atom is -0.396 e. The molecular formula is C11H21NOS. The van der Waals surface area contributed by atoms with Crippen LogP contribution in [0.25, 0.3) is 0 Å². The maximum absolute atomic E-state index is 9.41. The van der Waals surface area contributed by atoms with Crippen molar-refractivity contribution in [3.05, 3.63) is 0 Å². The van der Waals surface area contributed by atoms with Crippen LogP contribution in [0.4, 0.5) is 0 Å². The van der Waals surface area contributed by atoms with Gasteiger partial charge in [-0.1, -0.05) is 0 Å². The first-order chi connectivity index (χ1) is 6.90. The van der Waals surface area contributed by atoms with Gasteiger partial charge in [-0.25, -0.2) is 0 Å². The molecule has 2 atom stereocenters. The lowest BCUT2D eigenvalue weighted by Gasteiger charge is -2.26. The van der Waals surface area contributed by atoms with Crippen molar-refractivity contribution in [1.29, 1.82) is 0 Å². The minimum absolute atomic E-state index is 0.391. The fourth-order valence-corrected chi connectivity index (χ4v) is 3.95. The van der Waals surface area contributed by atoms with Gasteiger partial charge in [-0.05, 0) is 55.7 Å². The minimum atomic E-state index is 0.391. The highest BCUT2D eigenvalue weighted by Crippen LogP contribution is 2.30. The summed E-state index contributed by atoms with van der Waals surface area (Å²) in [5.41, 5.74) is 0. The van der Waals surface area contributed by atoms with Crippen LogP contribution in [0.5, 0.6) is 0 Å². The second-order valence-electron chi connectivity index (χ2n) is 4.57. The zero-order chi connectivity index (χ0) is 9.80. The molecule has 0 radical (unpaired) electrons. The summed E-state index contributed by atoms with van der Waals surface area (Å²) in [5, 5.41) is 9.41. The Morgan fingerprint density at radius 1 is 1.36 bits per heavy atom. The second kappa shape index (κ2) is 5.38. The van der Waals surface area contributed by atoms with Crippen LogP contribution in [-0.2, 0) is 0 Å². The van der Waals surface area contributed by atoms with Crippen molar-refractivity contribution in [3.8, 4) is 0 Å². The van der Waals surface area contributed by atoms with Gasteiger partial charge in [0, 0.05) is 13.2 Å². The summed E-state index contributed by atoms with van der Waals surface area (Å²) in [6.45, 7) is 4.05. The molecule has 0 saturated carbocycles. The lowest BCUT2D eigenvalue weighted by molar-refractivity contribution is 0.142. The van der Waals surface area contributed by atoms with E-state index in [1.54, 1.807) is 0 Å². The van der Waals surface area contributed by atoms with Gasteiger partial charge in [0.25, 0.3) is 0 Å². The first kappa shape index (κ1) is 10.8. The van der Waals surface area contributed by atoms with Crippen molar-refractivity contribution in [2.75, 3.05) is 37.7 Å². The molecule has 2 nitrogen and oxygen atoms in total. The number of likely N-dealkylation sites (tertiary alicyclic amines) is 1. The van der Waals surface area contributed by atoms with Crippen molar-refractivity contribution in [2.24, 2.45) is 11.8 Å². The van der Waals surface area contributed by atoms with E-state index in [4.69, 9.17) is 0 Å². The van der Waals surface area contributed by atoms with Crippen LogP contribution in [0, 0.1) is 11.8 Å². The molecule has 3 heteroatoms. The van der Waals surface area contributed by atoms with Crippen molar-refractivity contribution >= 4 is 11.8 Å². The maximum Gasteiger partial charge on any atom is 0.0474 e. The number of aliphatic hydroxyl groups excluding tert-OH is 1. The van der Waals surface area contributed by atoms with Crippen molar-refractivity contribution < 1.29 is 5.11 Å². The Bertz CT molecular complexity index is 165. The molecule has 2 fully saturated rings. The van der Waals surface area contributed by atoms with Crippen LogP contribution in [0.1, 0.15) is 19.3 Å². The second-order valence-corrected chi connectivity index (χ2v) is 5.72. The Kier molecular flexibility index (Phi) is 4.14. The molecule has 0 aromatic heterocycles. The molecule has 2 rings (SSSR count). The smallest absolute Gasteiger partial charge is 0.0474 e. The van der Waals surface area contributed by atoms with Gasteiger partial charge in [-0.2, -0.15) is 11.8 Å². The van der Waals surface area contributed by atoms with Gasteiger partial charge < -0.3 is 10.0 Å². The molecule has 0 aromatic rings. The van der Waals surface area contributed by atoms with Gasteiger partial charge in [0.2, 0.25) is 0 Å². The highest BCUT2D eigenvalue weighted by Gasteiger charge is 2.27. The molecule has 2 heterocycles. The van der Waals surface area contributed by atoms with E-state index in [2.05, 4.69) is 16.7 Å². The molecular weight excluding hydrogens is 194 g/mol. The zero-order valence-electron chi connectivity index (χ0n) is 8.82. The van der Waals surface area contributed by atoms with Gasteiger partial charge in [-0.3, -0.25) is 0 Å². The van der Waals surface area contributed by atoms with Crippen LogP contribution < -0.4 is 0 Å². The van der Waals surface area contributed by atoms with Gasteiger partial charge in [-0.15, -0.1) is 0 Å². The van der Waals surface area contributed by atoms with E-state index in [0.717, 1.165) is 12.5 Å². The van der Waals surface area contributed by atoms with Crippen LogP contribution in [0.2, 0.25) is 0 Å². The highest BCUT2D eigenvalue weighted by atomic mass is 32.2. The number of aliphatic hydroxyl groups is 1. The van der Waals surface area contributed by atoms with Crippen LogP contribution >= 0.6 is 11.8 Å². The zero-order valence-corrected chi connectivity index (χ0v) is 9.64. The van der Waals surface area contributed by atoms with Crippen molar-refractivity contribution in [3.63, 3.8) is 0 Å². The quantitative estimate of drug-likeness (QED) is 0.768. The lowest BCUT2D eigenvalue weighted by Crippen LogP contribution is -2.33. The maximum atomic E-state index is 9.41. The number of hydrogen-bond donors (Lipinski definition) is 1. The van der Waals surface area contributed by atoms with Gasteiger partial charge >= 0.3 is 0 Å². The standard InChI is InChI=1S/C11H21NOS/c13-8-11(10-3-6-14-9-10)7-12-4-1-2-5-12/h10-11,13H,1-9H2. The highest BCUT2D eigenvalue weighted by molar-refractivity contribution is 7.99. The lowest BCUT2D eigenvalue weighted by atomic mass is 9.92. The number of thioether (sulfide) groups is 1. The summed E-state index contributed by atoms with van der Waals surface area (Å²) in [4.78, 5) is 2.53. The topological polar surface area (TPSA) is 23.5 Å². The molecule has 0 aromatic carbocycles. The van der Waals surface area contributed by atoms with E-state index in [1.165, 1.54) is 43.9 Å². The fourth-order valence-electron chi connectivity index (χ4n) is 2.58. The molecule has 0 aliphatic carbocycles. The number of hydrogen-bond acceptors (Lipinski definition) is 3. The SMILES string of the molecule is OCC(CN1CCCC1)C1CCSC1. The molecule has 2 aliphatic heterocycles. The van der Waals surface area contributed by atoms with Crippen molar-refractivity contribution in [2.45, 2.75) is 19.3 Å².